The molecule has 45 heavy (non-hydrogen) atoms. The van der Waals surface area contributed by atoms with Crippen molar-refractivity contribution in [2.24, 2.45) is 0 Å². The minimum atomic E-state index is -3.21. The van der Waals surface area contributed by atoms with Crippen LogP contribution in [-0.4, -0.2) is 119 Å². The number of carbonyl (C=O) groups excluding carboxylic acids is 2. The fourth-order valence-corrected chi connectivity index (χ4v) is 4.99. The number of alkyl halides is 2. The summed E-state index contributed by atoms with van der Waals surface area (Å²) in [5.74, 6) is -5.90. The highest BCUT2D eigenvalue weighted by Gasteiger charge is 2.57. The molecule has 0 radical (unpaired) electrons. The van der Waals surface area contributed by atoms with Crippen LogP contribution >= 0.6 is 0 Å². The number of hydrogen-bond acceptors (Lipinski definition) is 12. The van der Waals surface area contributed by atoms with Gasteiger partial charge in [-0.25, -0.2) is 18.3 Å². The molecule has 2 aromatic rings. The average Bonchev–Trinajstić information content (AvgIpc) is 3.59. The first-order valence-corrected chi connectivity index (χ1v) is 13.8. The molecule has 6 atom stereocenters. The molecule has 1 fully saturated rings. The number of nitrogens with one attached hydrogen (secondary N) is 1. The van der Waals surface area contributed by atoms with Crippen molar-refractivity contribution in [2.45, 2.75) is 69.5 Å². The van der Waals surface area contributed by atoms with E-state index in [9.17, 15) is 48.7 Å². The molecule has 0 bridgehead atoms. The first-order chi connectivity index (χ1) is 21.3. The molecule has 0 unspecified atom stereocenters. The van der Waals surface area contributed by atoms with E-state index in [4.69, 9.17) is 14.2 Å². The second kappa shape index (κ2) is 13.8. The maximum absolute atomic E-state index is 14.3. The number of hydrogen-bond donors (Lipinski definition) is 6. The molecule has 18 heteroatoms. The minimum absolute atomic E-state index is 0.0626. The van der Waals surface area contributed by atoms with E-state index in [1.807, 2.05) is 0 Å². The van der Waals surface area contributed by atoms with Gasteiger partial charge in [-0.15, -0.1) is 5.10 Å². The zero-order chi connectivity index (χ0) is 33.1. The van der Waals surface area contributed by atoms with E-state index < -0.39 is 78.9 Å². The Hall–Kier alpha value is -4.23. The van der Waals surface area contributed by atoms with E-state index in [0.717, 1.165) is 23.7 Å². The fourth-order valence-electron chi connectivity index (χ4n) is 4.99. The van der Waals surface area contributed by atoms with Crippen molar-refractivity contribution in [2.75, 3.05) is 19.8 Å². The number of halogens is 2. The molecule has 246 valence electrons. The highest BCUT2D eigenvalue weighted by Crippen LogP contribution is 2.39. The van der Waals surface area contributed by atoms with Crippen LogP contribution in [0.5, 0.6) is 5.75 Å². The van der Waals surface area contributed by atoms with Crippen LogP contribution in [0.1, 0.15) is 38.0 Å². The van der Waals surface area contributed by atoms with Crippen molar-refractivity contribution in [3.05, 3.63) is 47.5 Å². The SMILES string of the molecule is CCOC1=CC(=O)N(Cc2cn(-c3ccc(O[C@]4(C(=O)O)C[C@H](O)[C@@H](NC(C)=O)[C@H]([C@H](O)[C@H](O)CO)O4)c(C(F)F)c3)nn2)C1. The van der Waals surface area contributed by atoms with E-state index >= 15 is 0 Å². The number of ether oxygens (including phenoxy) is 3. The van der Waals surface area contributed by atoms with E-state index in [0.29, 0.717) is 18.1 Å². The first-order valence-electron chi connectivity index (χ1n) is 13.8. The summed E-state index contributed by atoms with van der Waals surface area (Å²) in [6, 6.07) is 1.79. The molecule has 2 aliphatic rings. The topological polar surface area (TPSA) is 226 Å². The lowest BCUT2D eigenvalue weighted by atomic mass is 9.88. The summed E-state index contributed by atoms with van der Waals surface area (Å²) in [5.41, 5.74) is -0.373. The lowest BCUT2D eigenvalue weighted by molar-refractivity contribution is -0.284. The Morgan fingerprint density at radius 3 is 2.64 bits per heavy atom. The number of aliphatic hydroxyl groups excluding tert-OH is 4. The lowest BCUT2D eigenvalue weighted by Crippen LogP contribution is -2.68. The van der Waals surface area contributed by atoms with Crippen molar-refractivity contribution in [3.8, 4) is 11.4 Å². The van der Waals surface area contributed by atoms with Gasteiger partial charge in [-0.3, -0.25) is 9.59 Å². The summed E-state index contributed by atoms with van der Waals surface area (Å²) < 4.78 is 46.1. The molecule has 6 N–H and O–H groups in total. The number of carbonyl (C=O) groups is 3. The average molecular weight is 642 g/mol. The maximum Gasteiger partial charge on any atom is 0.377 e. The van der Waals surface area contributed by atoms with Crippen LogP contribution in [0.4, 0.5) is 8.78 Å². The molecule has 2 aliphatic heterocycles. The van der Waals surface area contributed by atoms with Gasteiger partial charge in [0.1, 0.15) is 35.5 Å². The minimum Gasteiger partial charge on any atom is -0.496 e. The number of carboxylic acids is 1. The number of amides is 2. The molecule has 2 amide bonds. The second-order valence-corrected chi connectivity index (χ2v) is 10.4. The highest BCUT2D eigenvalue weighted by atomic mass is 19.3. The van der Waals surface area contributed by atoms with E-state index in [1.54, 1.807) is 6.92 Å². The van der Waals surface area contributed by atoms with Crippen LogP contribution < -0.4 is 10.1 Å². The standard InChI is InChI=1S/C27H33F2N5O11/c1-3-43-16-7-21(39)33(11-16)9-14-10-34(32-31-14)15-4-5-20(17(6-15)25(28)29)44-27(26(41)42)8-18(37)22(30-13(2)36)24(45-27)23(40)19(38)12-35/h4-7,10,18-19,22-25,35,37-38,40H,3,8-9,11-12H2,1-2H3,(H,30,36)(H,41,42)/t18-,19+,22+,23+,24+,27+/m0/s1. The van der Waals surface area contributed by atoms with Gasteiger partial charge in [0.05, 0.1) is 62.3 Å². The van der Waals surface area contributed by atoms with Crippen molar-refractivity contribution in [3.63, 3.8) is 0 Å². The monoisotopic (exact) mass is 641 g/mol. The number of aliphatic carboxylic acids is 1. The Kier molecular flexibility index (Phi) is 10.3. The van der Waals surface area contributed by atoms with Crippen LogP contribution in [0, 0.1) is 0 Å². The Labute approximate surface area is 254 Å². The van der Waals surface area contributed by atoms with Gasteiger partial charge in [0, 0.05) is 13.0 Å². The predicted octanol–water partition coefficient (Wildman–Crippen LogP) is -1.00. The molecular weight excluding hydrogens is 608 g/mol. The summed E-state index contributed by atoms with van der Waals surface area (Å²) in [6.45, 7) is 2.54. The summed E-state index contributed by atoms with van der Waals surface area (Å²) in [6.07, 6.45) is -8.89. The normalized spacial score (nSPS) is 24.7. The third kappa shape index (κ3) is 7.36. The first kappa shape index (κ1) is 33.7. The number of rotatable bonds is 13. The Morgan fingerprint density at radius 1 is 1.29 bits per heavy atom. The van der Waals surface area contributed by atoms with Crippen molar-refractivity contribution in [1.82, 2.24) is 25.2 Å². The van der Waals surface area contributed by atoms with Gasteiger partial charge < -0.3 is 50.0 Å². The van der Waals surface area contributed by atoms with Crippen molar-refractivity contribution >= 4 is 17.8 Å². The quantitative estimate of drug-likeness (QED) is 0.154. The number of nitrogens with zero attached hydrogens (tertiary/aromatic N) is 4. The maximum atomic E-state index is 14.3. The van der Waals surface area contributed by atoms with Crippen molar-refractivity contribution in [1.29, 1.82) is 0 Å². The molecule has 0 spiro atoms. The van der Waals surface area contributed by atoms with E-state index in [2.05, 4.69) is 15.6 Å². The van der Waals surface area contributed by atoms with Gasteiger partial charge in [-0.2, -0.15) is 0 Å². The number of carboxylic acid groups (broad SMARTS) is 1. The largest absolute Gasteiger partial charge is 0.496 e. The van der Waals surface area contributed by atoms with Crippen LogP contribution in [0.3, 0.4) is 0 Å². The third-order valence-corrected chi connectivity index (χ3v) is 7.12. The predicted molar refractivity (Wildman–Crippen MR) is 145 cm³/mol. The molecule has 4 rings (SSSR count). The second-order valence-electron chi connectivity index (χ2n) is 10.4. The molecule has 3 heterocycles. The highest BCUT2D eigenvalue weighted by molar-refractivity contribution is 5.90. The molecule has 1 aromatic carbocycles. The van der Waals surface area contributed by atoms with Crippen LogP contribution in [0.25, 0.3) is 5.69 Å². The Bertz CT molecular complexity index is 1440. The van der Waals surface area contributed by atoms with E-state index in [1.165, 1.54) is 23.2 Å². The molecule has 0 aliphatic carbocycles. The molecule has 1 saturated heterocycles. The zero-order valence-corrected chi connectivity index (χ0v) is 24.1. The summed E-state index contributed by atoms with van der Waals surface area (Å²) in [4.78, 5) is 37.9. The number of aromatic nitrogens is 3. The van der Waals surface area contributed by atoms with Crippen LogP contribution in [0.2, 0.25) is 0 Å². The van der Waals surface area contributed by atoms with Crippen LogP contribution in [-0.2, 0) is 30.4 Å². The van der Waals surface area contributed by atoms with Crippen molar-refractivity contribution < 1.29 is 62.9 Å². The summed E-state index contributed by atoms with van der Waals surface area (Å²) in [7, 11) is 0. The third-order valence-electron chi connectivity index (χ3n) is 7.12. The van der Waals surface area contributed by atoms with Gasteiger partial charge in [0.25, 0.3) is 12.3 Å². The van der Waals surface area contributed by atoms with Gasteiger partial charge >= 0.3 is 11.8 Å². The Balaban J connectivity index is 1.60. The van der Waals surface area contributed by atoms with Gasteiger partial charge in [-0.05, 0) is 25.1 Å². The molecule has 0 saturated carbocycles. The molecular formula is C27H33F2N5O11. The Morgan fingerprint density at radius 2 is 2.02 bits per heavy atom. The smallest absolute Gasteiger partial charge is 0.377 e. The van der Waals surface area contributed by atoms with E-state index in [-0.39, 0.29) is 24.7 Å². The zero-order valence-electron chi connectivity index (χ0n) is 24.1. The molecule has 16 nitrogen and oxygen atoms in total. The van der Waals surface area contributed by atoms with Crippen LogP contribution in [0.15, 0.2) is 36.2 Å². The molecule has 1 aromatic heterocycles. The van der Waals surface area contributed by atoms with Gasteiger partial charge in [0.2, 0.25) is 5.91 Å². The van der Waals surface area contributed by atoms with Gasteiger partial charge in [0.15, 0.2) is 0 Å². The summed E-state index contributed by atoms with van der Waals surface area (Å²) >= 11 is 0. The number of benzene rings is 1. The summed E-state index contributed by atoms with van der Waals surface area (Å²) in [5, 5.41) is 60.9. The lowest BCUT2D eigenvalue weighted by Gasteiger charge is -2.46. The fraction of sp³-hybridized carbons (Fsp3) is 0.519. The number of aliphatic hydroxyl groups is 4. The van der Waals surface area contributed by atoms with Gasteiger partial charge in [-0.1, -0.05) is 5.21 Å².